The van der Waals surface area contributed by atoms with Gasteiger partial charge in [0.15, 0.2) is 6.10 Å². The summed E-state index contributed by atoms with van der Waals surface area (Å²) in [4.78, 5) is 48.3. The van der Waals surface area contributed by atoms with Crippen molar-refractivity contribution >= 4 is 25.5 Å². The van der Waals surface area contributed by atoms with Crippen molar-refractivity contribution in [2.45, 2.75) is 194 Å². The number of furan rings is 1. The minimum absolute atomic E-state index is 0.000192. The second-order valence-corrected chi connectivity index (χ2v) is 20.0. The molecule has 1 aliphatic rings. The van der Waals surface area contributed by atoms with Gasteiger partial charge in [0.2, 0.25) is 0 Å². The Morgan fingerprint density at radius 1 is 0.806 bits per heavy atom. The van der Waals surface area contributed by atoms with Crippen LogP contribution >= 0.6 is 7.82 Å². The first-order chi connectivity index (χ1) is 29.5. The first-order valence-corrected chi connectivity index (χ1v) is 25.4. The zero-order chi connectivity index (χ0) is 46.0. The Hall–Kier alpha value is -2.38. The fourth-order valence-electron chi connectivity index (χ4n) is 7.85. The zero-order valence-corrected chi connectivity index (χ0v) is 40.4. The highest BCUT2D eigenvalue weighted by molar-refractivity contribution is 7.47. The van der Waals surface area contributed by atoms with Crippen molar-refractivity contribution in [3.63, 3.8) is 0 Å². The van der Waals surface area contributed by atoms with Gasteiger partial charge in [-0.3, -0.25) is 23.4 Å². The Morgan fingerprint density at radius 3 is 2.03 bits per heavy atom. The van der Waals surface area contributed by atoms with Gasteiger partial charge < -0.3 is 33.5 Å². The number of aryl methyl sites for hydroxylation is 2. The van der Waals surface area contributed by atoms with Crippen LogP contribution in [0.2, 0.25) is 0 Å². The first kappa shape index (κ1) is 55.8. The predicted molar refractivity (Wildman–Crippen MR) is 243 cm³/mol. The zero-order valence-electron chi connectivity index (χ0n) is 39.5. The maximum atomic E-state index is 12.9. The van der Waals surface area contributed by atoms with Crippen LogP contribution in [0.15, 0.2) is 16.6 Å². The van der Waals surface area contributed by atoms with E-state index in [-0.39, 0.29) is 44.2 Å². The fraction of sp³-hybridized carbons (Fsp3) is 0.812. The molecule has 6 atom stereocenters. The van der Waals surface area contributed by atoms with Crippen molar-refractivity contribution in [3.05, 3.63) is 34.8 Å². The number of nitrogens with zero attached hydrogens (tertiary/aromatic N) is 1. The number of rotatable bonds is 36. The molecule has 1 aromatic rings. The number of ether oxygens (including phenoxy) is 2. The molecule has 1 aromatic heterocycles. The van der Waals surface area contributed by atoms with E-state index in [1.165, 1.54) is 24.0 Å². The average Bonchev–Trinajstić information content (AvgIpc) is 3.63. The number of phosphoric ester groups is 1. The number of carbonyl (C=O) groups is 3. The molecule has 1 heterocycles. The number of quaternary nitrogens is 1. The van der Waals surface area contributed by atoms with Crippen LogP contribution in [0.4, 0.5) is 0 Å². The first-order valence-electron chi connectivity index (χ1n) is 23.9. The Balaban J connectivity index is 1.72. The van der Waals surface area contributed by atoms with E-state index in [9.17, 15) is 34.1 Å². The van der Waals surface area contributed by atoms with E-state index >= 15 is 0 Å². The van der Waals surface area contributed by atoms with Crippen LogP contribution in [0, 0.1) is 25.7 Å². The number of aliphatic hydroxyl groups is 2. The average molecular weight is 899 g/mol. The molecule has 0 bridgehead atoms. The molecule has 1 saturated carbocycles. The molecular weight excluding hydrogens is 813 g/mol. The second kappa shape index (κ2) is 30.7. The molecule has 0 radical (unpaired) electrons. The van der Waals surface area contributed by atoms with Crippen LogP contribution < -0.4 is 0 Å². The van der Waals surface area contributed by atoms with Crippen molar-refractivity contribution in [1.29, 1.82) is 0 Å². The smallest absolute Gasteiger partial charge is 0.466 e. The number of hydrogen-bond acceptors (Lipinski definition) is 11. The number of aliphatic hydroxyl groups excluding tert-OH is 2. The molecule has 1 fully saturated rings. The van der Waals surface area contributed by atoms with E-state index < -0.39 is 50.6 Å². The Bertz CT molecular complexity index is 1500. The van der Waals surface area contributed by atoms with E-state index in [1.54, 1.807) is 12.2 Å². The second-order valence-electron chi connectivity index (χ2n) is 18.5. The maximum Gasteiger partial charge on any atom is 0.472 e. The molecule has 0 aliphatic heterocycles. The molecule has 1 unspecified atom stereocenters. The number of carbonyl (C=O) groups excluding carboxylic acids is 3. The lowest BCUT2D eigenvalue weighted by Gasteiger charge is -2.24. The molecule has 1 aliphatic carbocycles. The minimum atomic E-state index is -4.45. The van der Waals surface area contributed by atoms with Crippen LogP contribution in [0.3, 0.4) is 0 Å². The summed E-state index contributed by atoms with van der Waals surface area (Å²) in [5, 5.41) is 20.8. The van der Waals surface area contributed by atoms with Gasteiger partial charge in [0.1, 0.15) is 37.1 Å². The van der Waals surface area contributed by atoms with E-state index in [2.05, 4.69) is 27.7 Å². The Kier molecular flexibility index (Phi) is 27.6. The molecule has 14 heteroatoms. The summed E-state index contributed by atoms with van der Waals surface area (Å²) < 4.78 is 40.5. The van der Waals surface area contributed by atoms with Crippen LogP contribution in [-0.4, -0.2) is 103 Å². The van der Waals surface area contributed by atoms with Gasteiger partial charge in [-0.1, -0.05) is 103 Å². The lowest BCUT2D eigenvalue weighted by molar-refractivity contribution is -0.870. The SMILES string of the molecule is CCCCC[C@H](O)/C=C/[C@H]1C(=O)C[C@H](O)[C@@H]1CCCCCCC(=O)O[C@H](COC(=O)CCCCCCCCCCc1oc(CCC)c(C)c1C)COP(=O)(O)OCC[N+](C)(C)C. The van der Waals surface area contributed by atoms with Gasteiger partial charge in [0.25, 0.3) is 0 Å². The summed E-state index contributed by atoms with van der Waals surface area (Å²) >= 11 is 0. The predicted octanol–water partition coefficient (Wildman–Crippen LogP) is 9.60. The molecule has 0 amide bonds. The number of unbranched alkanes of at least 4 members (excludes halogenated alkanes) is 12. The highest BCUT2D eigenvalue weighted by atomic mass is 31.2. The van der Waals surface area contributed by atoms with E-state index in [4.69, 9.17) is 22.9 Å². The fourth-order valence-corrected chi connectivity index (χ4v) is 8.59. The molecule has 62 heavy (non-hydrogen) atoms. The largest absolute Gasteiger partial charge is 0.472 e. The van der Waals surface area contributed by atoms with Gasteiger partial charge in [0, 0.05) is 38.0 Å². The molecule has 0 aromatic carbocycles. The van der Waals surface area contributed by atoms with Gasteiger partial charge in [0.05, 0.1) is 40.0 Å². The molecule has 2 rings (SSSR count). The third-order valence-electron chi connectivity index (χ3n) is 11.9. The van der Waals surface area contributed by atoms with Crippen LogP contribution in [0.25, 0.3) is 0 Å². The summed E-state index contributed by atoms with van der Waals surface area (Å²) in [5.74, 6) is 0.705. The summed E-state index contributed by atoms with van der Waals surface area (Å²) in [6, 6.07) is 0. The molecule has 13 nitrogen and oxygen atoms in total. The number of allylic oxidation sites excluding steroid dienone is 1. The molecule has 0 spiro atoms. The summed E-state index contributed by atoms with van der Waals surface area (Å²) in [5.41, 5.74) is 2.60. The number of esters is 2. The maximum absolute atomic E-state index is 12.9. The molecule has 358 valence electrons. The van der Waals surface area contributed by atoms with Crippen molar-refractivity contribution < 1.29 is 61.5 Å². The number of likely N-dealkylation sites (N-methyl/N-ethyl adjacent to an activating group) is 1. The van der Waals surface area contributed by atoms with Gasteiger partial charge in [-0.15, -0.1) is 0 Å². The van der Waals surface area contributed by atoms with Crippen molar-refractivity contribution in [2.75, 3.05) is 47.5 Å². The van der Waals surface area contributed by atoms with E-state index in [1.807, 2.05) is 21.1 Å². The van der Waals surface area contributed by atoms with Gasteiger partial charge in [-0.25, -0.2) is 4.57 Å². The Morgan fingerprint density at radius 2 is 1.40 bits per heavy atom. The van der Waals surface area contributed by atoms with Gasteiger partial charge >= 0.3 is 19.8 Å². The van der Waals surface area contributed by atoms with Gasteiger partial charge in [-0.05, 0) is 69.4 Å². The molecule has 0 saturated heterocycles. The summed E-state index contributed by atoms with van der Waals surface area (Å²) in [7, 11) is 1.31. The quantitative estimate of drug-likeness (QED) is 0.0191. The number of Topliss-reactive ketones (excluding diaryl/α,β-unsaturated/α-hetero) is 1. The normalized spacial score (nSPS) is 18.9. The van der Waals surface area contributed by atoms with E-state index in [0.29, 0.717) is 36.7 Å². The highest BCUT2D eigenvalue weighted by Crippen LogP contribution is 2.43. The number of hydrogen-bond donors (Lipinski definition) is 3. The van der Waals surface area contributed by atoms with Gasteiger partial charge in [-0.2, -0.15) is 0 Å². The number of phosphoric acid groups is 1. The summed E-state index contributed by atoms with van der Waals surface area (Å²) in [6.07, 6.45) is 20.1. The Labute approximate surface area is 373 Å². The van der Waals surface area contributed by atoms with Crippen molar-refractivity contribution in [3.8, 4) is 0 Å². The molecule has 3 N–H and O–H groups in total. The highest BCUT2D eigenvalue weighted by Gasteiger charge is 2.39. The third kappa shape index (κ3) is 24.1. The van der Waals surface area contributed by atoms with Crippen LogP contribution in [0.1, 0.15) is 171 Å². The van der Waals surface area contributed by atoms with E-state index in [0.717, 1.165) is 101 Å². The lowest BCUT2D eigenvalue weighted by atomic mass is 9.88. The minimum Gasteiger partial charge on any atom is -0.466 e. The van der Waals surface area contributed by atoms with Crippen LogP contribution in [-0.2, 0) is 50.3 Å². The standard InChI is InChI=1S/C48H84NO12P/c1-8-10-19-25-39(50)30-31-42-41(43(51)34-44(42)52)26-20-17-18-23-29-48(54)60-40(36-59-62(55,56)58-33-32-49(5,6)7)35-57-47(53)28-22-16-14-12-11-13-15-21-27-46-38(4)37(3)45(61-46)24-9-2/h30-31,39-43,50-51H,8-29,32-36H2,1-7H3/p+1/b31-30+/t39-,40+,41+,42+,43-/m0/s1. The topological polar surface area (TPSA) is 179 Å². The third-order valence-corrected chi connectivity index (χ3v) is 12.9. The lowest BCUT2D eigenvalue weighted by Crippen LogP contribution is -2.37. The van der Waals surface area contributed by atoms with Crippen LogP contribution in [0.5, 0.6) is 0 Å². The van der Waals surface area contributed by atoms with Crippen molar-refractivity contribution in [2.24, 2.45) is 11.8 Å². The van der Waals surface area contributed by atoms with Crippen molar-refractivity contribution in [1.82, 2.24) is 0 Å². The monoisotopic (exact) mass is 899 g/mol. The molecular formula is C48H85NO12P+. The number of ketones is 1. The summed E-state index contributed by atoms with van der Waals surface area (Å²) in [6.45, 7) is 8.26.